The van der Waals surface area contributed by atoms with Gasteiger partial charge in [0.05, 0.1) is 12.3 Å². The monoisotopic (exact) mass is 496 g/mol. The summed E-state index contributed by atoms with van der Waals surface area (Å²) in [4.78, 5) is 30.8. The molecular weight excluding hydrogens is 456 g/mol. The van der Waals surface area contributed by atoms with E-state index in [0.29, 0.717) is 30.2 Å². The fraction of sp³-hybridized carbons (Fsp3) is 0.692. The first-order valence-electron chi connectivity index (χ1n) is 12.3. The summed E-state index contributed by atoms with van der Waals surface area (Å²) in [6.07, 6.45) is 7.32. The van der Waals surface area contributed by atoms with Crippen molar-refractivity contribution in [2.45, 2.75) is 83.4 Å². The highest BCUT2D eigenvalue weighted by Crippen LogP contribution is 2.39. The van der Waals surface area contributed by atoms with Crippen LogP contribution in [0.2, 0.25) is 0 Å². The number of hydrogen-bond acceptors (Lipinski definition) is 5. The summed E-state index contributed by atoms with van der Waals surface area (Å²) in [7, 11) is 3.24. The van der Waals surface area contributed by atoms with Crippen LogP contribution < -0.4 is 9.64 Å². The molecule has 1 aliphatic carbocycles. The summed E-state index contributed by atoms with van der Waals surface area (Å²) in [5.41, 5.74) is 0.159. The summed E-state index contributed by atoms with van der Waals surface area (Å²) in [6.45, 7) is 7.25. The van der Waals surface area contributed by atoms with Gasteiger partial charge < -0.3 is 24.0 Å². The van der Waals surface area contributed by atoms with Crippen molar-refractivity contribution in [2.24, 2.45) is 0 Å². The van der Waals surface area contributed by atoms with Gasteiger partial charge >= 0.3 is 0 Å². The first-order chi connectivity index (χ1) is 15.8. The number of rotatable bonds is 10. The standard InChI is InChI=1S/C26H40N2O5.ClH/c1-19(2)28(21-11-7-6-8-12-21)24(29)20-13-14-23-22(17-20)27(15-9-10-16-31-4)25(30)26(3,33-23)18-32-5;/h13-14,17,19,21H,6-12,15-16,18H2,1-5H3;1H. The highest BCUT2D eigenvalue weighted by Gasteiger charge is 2.45. The predicted molar refractivity (Wildman–Crippen MR) is 136 cm³/mol. The van der Waals surface area contributed by atoms with Gasteiger partial charge in [0.1, 0.15) is 5.75 Å². The Morgan fingerprint density at radius 1 is 1.18 bits per heavy atom. The Labute approximate surface area is 210 Å². The first-order valence-corrected chi connectivity index (χ1v) is 12.3. The Morgan fingerprint density at radius 3 is 2.50 bits per heavy atom. The molecule has 8 heteroatoms. The Balaban J connectivity index is 0.00000408. The summed E-state index contributed by atoms with van der Waals surface area (Å²) in [5.74, 6) is 0.481. The van der Waals surface area contributed by atoms with Crippen molar-refractivity contribution in [1.82, 2.24) is 4.90 Å². The smallest absolute Gasteiger partial charge is 0.273 e. The summed E-state index contributed by atoms with van der Waals surface area (Å²) < 4.78 is 16.6. The summed E-state index contributed by atoms with van der Waals surface area (Å²) in [6, 6.07) is 5.87. The van der Waals surface area contributed by atoms with Gasteiger partial charge in [-0.1, -0.05) is 19.3 Å². The van der Waals surface area contributed by atoms with Crippen LogP contribution in [0, 0.1) is 0 Å². The summed E-state index contributed by atoms with van der Waals surface area (Å²) >= 11 is 0. The van der Waals surface area contributed by atoms with E-state index < -0.39 is 5.60 Å². The number of amides is 2. The third-order valence-corrected chi connectivity index (χ3v) is 6.69. The zero-order chi connectivity index (χ0) is 24.0. The molecule has 1 unspecified atom stereocenters. The molecule has 1 aromatic carbocycles. The number of carbonyl (C=O) groups excluding carboxylic acids is 2. The zero-order valence-corrected chi connectivity index (χ0v) is 22.1. The van der Waals surface area contributed by atoms with Gasteiger partial charge in [-0.3, -0.25) is 9.59 Å². The molecule has 1 aliphatic heterocycles. The van der Waals surface area contributed by atoms with Crippen LogP contribution in [0.15, 0.2) is 18.2 Å². The fourth-order valence-electron chi connectivity index (χ4n) is 5.06. The molecule has 1 heterocycles. The normalized spacial score (nSPS) is 20.5. The number of benzene rings is 1. The van der Waals surface area contributed by atoms with Crippen molar-refractivity contribution >= 4 is 29.9 Å². The van der Waals surface area contributed by atoms with Crippen molar-refractivity contribution < 1.29 is 23.8 Å². The van der Waals surface area contributed by atoms with Crippen molar-refractivity contribution in [3.63, 3.8) is 0 Å². The van der Waals surface area contributed by atoms with E-state index in [1.807, 2.05) is 23.1 Å². The molecule has 1 atom stereocenters. The van der Waals surface area contributed by atoms with E-state index in [9.17, 15) is 9.59 Å². The lowest BCUT2D eigenvalue weighted by Crippen LogP contribution is -2.57. The van der Waals surface area contributed by atoms with Crippen LogP contribution in [-0.4, -0.2) is 68.4 Å². The second-order valence-electron chi connectivity index (χ2n) is 9.70. The van der Waals surface area contributed by atoms with E-state index in [2.05, 4.69) is 13.8 Å². The van der Waals surface area contributed by atoms with Gasteiger partial charge in [-0.25, -0.2) is 0 Å². The molecule has 1 aromatic rings. The second-order valence-corrected chi connectivity index (χ2v) is 9.70. The largest absolute Gasteiger partial charge is 0.473 e. The molecule has 1 saturated carbocycles. The summed E-state index contributed by atoms with van der Waals surface area (Å²) in [5, 5.41) is 0. The van der Waals surface area contributed by atoms with Gasteiger partial charge in [0.2, 0.25) is 5.60 Å². The number of anilines is 1. The quantitative estimate of drug-likeness (QED) is 0.433. The lowest BCUT2D eigenvalue weighted by Gasteiger charge is -2.41. The van der Waals surface area contributed by atoms with Gasteiger partial charge in [-0.2, -0.15) is 0 Å². The van der Waals surface area contributed by atoms with E-state index in [4.69, 9.17) is 14.2 Å². The maximum Gasteiger partial charge on any atom is 0.273 e. The minimum Gasteiger partial charge on any atom is -0.473 e. The highest BCUT2D eigenvalue weighted by atomic mass is 35.5. The average Bonchev–Trinajstić information content (AvgIpc) is 2.79. The lowest BCUT2D eigenvalue weighted by molar-refractivity contribution is -0.138. The average molecular weight is 497 g/mol. The number of halogens is 1. The third-order valence-electron chi connectivity index (χ3n) is 6.69. The minimum absolute atomic E-state index is 0. The van der Waals surface area contributed by atoms with Crippen molar-refractivity contribution in [3.05, 3.63) is 23.8 Å². The molecule has 2 aliphatic rings. The van der Waals surface area contributed by atoms with Gasteiger partial charge in [-0.15, -0.1) is 12.4 Å². The number of methoxy groups -OCH3 is 2. The molecule has 2 amide bonds. The van der Waals surface area contributed by atoms with Crippen molar-refractivity contribution in [3.8, 4) is 5.75 Å². The maximum absolute atomic E-state index is 13.6. The van der Waals surface area contributed by atoms with Crippen LogP contribution in [0.5, 0.6) is 5.75 Å². The molecule has 34 heavy (non-hydrogen) atoms. The highest BCUT2D eigenvalue weighted by molar-refractivity contribution is 6.04. The lowest BCUT2D eigenvalue weighted by atomic mass is 9.92. The van der Waals surface area contributed by atoms with Crippen LogP contribution >= 0.6 is 12.4 Å². The third kappa shape index (κ3) is 6.23. The molecule has 7 nitrogen and oxygen atoms in total. The Morgan fingerprint density at radius 2 is 1.88 bits per heavy atom. The van der Waals surface area contributed by atoms with Gasteiger partial charge in [-0.05, 0) is 64.7 Å². The van der Waals surface area contributed by atoms with E-state index >= 15 is 0 Å². The molecule has 192 valence electrons. The second kappa shape index (κ2) is 12.8. The predicted octanol–water partition coefficient (Wildman–Crippen LogP) is 4.85. The zero-order valence-electron chi connectivity index (χ0n) is 21.3. The van der Waals surface area contributed by atoms with Crippen molar-refractivity contribution in [1.29, 1.82) is 0 Å². The number of carbonyl (C=O) groups is 2. The Kier molecular flexibility index (Phi) is 10.7. The molecule has 0 bridgehead atoms. The van der Waals surface area contributed by atoms with E-state index in [1.54, 1.807) is 26.0 Å². The van der Waals surface area contributed by atoms with E-state index in [1.165, 1.54) is 19.3 Å². The Bertz CT molecular complexity index is 827. The van der Waals surface area contributed by atoms with Crippen LogP contribution in [0.4, 0.5) is 5.69 Å². The minimum atomic E-state index is -1.10. The van der Waals surface area contributed by atoms with Crippen LogP contribution in [0.25, 0.3) is 0 Å². The molecule has 3 rings (SSSR count). The Hall–Kier alpha value is -1.83. The molecule has 1 fully saturated rings. The molecule has 0 saturated heterocycles. The SMILES string of the molecule is COCCCCN1C(=O)C(C)(COC)Oc2ccc(C(=O)N(C(C)C)C3CCCCC3)cc21.Cl. The number of nitrogens with zero attached hydrogens (tertiary/aromatic N) is 2. The van der Waals surface area contributed by atoms with Crippen molar-refractivity contribution in [2.75, 3.05) is 38.9 Å². The van der Waals surface area contributed by atoms with Gasteiger partial charge in [0.15, 0.2) is 0 Å². The molecule has 0 N–H and O–H groups in total. The molecule has 0 spiro atoms. The molecular formula is C26H41ClN2O5. The fourth-order valence-corrected chi connectivity index (χ4v) is 5.06. The van der Waals surface area contributed by atoms with Crippen LogP contribution in [0.3, 0.4) is 0 Å². The van der Waals surface area contributed by atoms with Crippen LogP contribution in [-0.2, 0) is 14.3 Å². The molecule has 0 aromatic heterocycles. The first kappa shape index (κ1) is 28.4. The molecule has 0 radical (unpaired) electrons. The number of ether oxygens (including phenoxy) is 3. The van der Waals surface area contributed by atoms with E-state index in [-0.39, 0.29) is 42.9 Å². The number of fused-ring (bicyclic) bond motifs is 1. The topological polar surface area (TPSA) is 68.3 Å². The van der Waals surface area contributed by atoms with Gasteiger partial charge in [0, 0.05) is 45.0 Å². The van der Waals surface area contributed by atoms with Crippen LogP contribution in [0.1, 0.15) is 76.1 Å². The van der Waals surface area contributed by atoms with E-state index in [0.717, 1.165) is 25.7 Å². The number of hydrogen-bond donors (Lipinski definition) is 0. The number of unbranched alkanes of at least 4 members (excludes halogenated alkanes) is 1. The maximum atomic E-state index is 13.6. The van der Waals surface area contributed by atoms with Gasteiger partial charge in [0.25, 0.3) is 11.8 Å².